The summed E-state index contributed by atoms with van der Waals surface area (Å²) in [5, 5.41) is 6.04. The van der Waals surface area contributed by atoms with E-state index in [0.717, 1.165) is 12.2 Å². The first-order valence-electron chi connectivity index (χ1n) is 6.74. The normalized spacial score (nSPS) is 10.0. The number of benzene rings is 2. The zero-order valence-electron chi connectivity index (χ0n) is 11.7. The third-order valence-corrected chi connectivity index (χ3v) is 2.88. The van der Waals surface area contributed by atoms with Crippen molar-refractivity contribution in [2.75, 3.05) is 17.2 Å². The van der Waals surface area contributed by atoms with Gasteiger partial charge in [-0.1, -0.05) is 30.7 Å². The summed E-state index contributed by atoms with van der Waals surface area (Å²) in [6, 6.07) is 13.9. The van der Waals surface area contributed by atoms with Crippen LogP contribution in [0.1, 0.15) is 13.3 Å². The van der Waals surface area contributed by atoms with Crippen LogP contribution >= 0.6 is 11.6 Å². The van der Waals surface area contributed by atoms with Crippen LogP contribution in [-0.4, -0.2) is 12.6 Å². The number of rotatable bonds is 5. The van der Waals surface area contributed by atoms with Crippen LogP contribution in [0, 0.1) is 0 Å². The van der Waals surface area contributed by atoms with Gasteiger partial charge in [-0.05, 0) is 36.8 Å². The molecule has 0 aromatic heterocycles. The molecule has 0 radical (unpaired) electrons. The van der Waals surface area contributed by atoms with E-state index in [1.165, 1.54) is 0 Å². The van der Waals surface area contributed by atoms with E-state index < -0.39 is 0 Å². The Balaban J connectivity index is 1.96. The van der Waals surface area contributed by atoms with Gasteiger partial charge in [-0.15, -0.1) is 0 Å². The molecule has 0 saturated heterocycles. The molecule has 2 aromatic rings. The molecule has 0 unspecified atom stereocenters. The highest BCUT2D eigenvalue weighted by Gasteiger charge is 2.04. The predicted molar refractivity (Wildman–Crippen MR) is 86.3 cm³/mol. The number of nitrogens with one attached hydrogen (secondary N) is 2. The number of anilines is 2. The van der Waals surface area contributed by atoms with E-state index in [1.54, 1.807) is 36.4 Å². The number of hydrogen-bond acceptors (Lipinski definition) is 2. The minimum absolute atomic E-state index is 0.329. The Morgan fingerprint density at radius 1 is 1.10 bits per heavy atom. The van der Waals surface area contributed by atoms with Crippen molar-refractivity contribution >= 4 is 29.0 Å². The van der Waals surface area contributed by atoms with Gasteiger partial charge in [0.1, 0.15) is 5.75 Å². The molecule has 0 heterocycles. The summed E-state index contributed by atoms with van der Waals surface area (Å²) in [7, 11) is 0. The van der Waals surface area contributed by atoms with E-state index >= 15 is 0 Å². The minimum atomic E-state index is -0.329. The molecule has 4 nitrogen and oxygen atoms in total. The molecule has 110 valence electrons. The summed E-state index contributed by atoms with van der Waals surface area (Å²) < 4.78 is 5.52. The van der Waals surface area contributed by atoms with Gasteiger partial charge in [-0.2, -0.15) is 0 Å². The van der Waals surface area contributed by atoms with E-state index in [4.69, 9.17) is 16.3 Å². The highest BCUT2D eigenvalue weighted by atomic mass is 35.5. The molecule has 0 bridgehead atoms. The van der Waals surface area contributed by atoms with Gasteiger partial charge in [-0.3, -0.25) is 0 Å². The molecule has 0 aliphatic carbocycles. The second-order valence-electron chi connectivity index (χ2n) is 4.47. The molecule has 0 spiro atoms. The largest absolute Gasteiger partial charge is 0.494 e. The molecular formula is C16H17ClN2O2. The maximum atomic E-state index is 11.9. The average Bonchev–Trinajstić information content (AvgIpc) is 2.45. The van der Waals surface area contributed by atoms with Crippen LogP contribution < -0.4 is 15.4 Å². The summed E-state index contributed by atoms with van der Waals surface area (Å²) in [6.45, 7) is 2.69. The minimum Gasteiger partial charge on any atom is -0.494 e. The Hall–Kier alpha value is -2.20. The fraction of sp³-hybridized carbons (Fsp3) is 0.188. The smallest absolute Gasteiger partial charge is 0.323 e. The van der Waals surface area contributed by atoms with Gasteiger partial charge in [0.2, 0.25) is 0 Å². The Morgan fingerprint density at radius 2 is 1.76 bits per heavy atom. The monoisotopic (exact) mass is 304 g/mol. The maximum Gasteiger partial charge on any atom is 0.323 e. The summed E-state index contributed by atoms with van der Waals surface area (Å²) in [5.74, 6) is 0.734. The molecule has 0 fully saturated rings. The quantitative estimate of drug-likeness (QED) is 0.835. The number of carbonyl (C=O) groups excluding carboxylic acids is 1. The molecule has 0 saturated carbocycles. The molecule has 2 N–H and O–H groups in total. The maximum absolute atomic E-state index is 11.9. The van der Waals surface area contributed by atoms with Crippen LogP contribution in [0.15, 0.2) is 48.5 Å². The molecule has 5 heteroatoms. The zero-order valence-corrected chi connectivity index (χ0v) is 12.5. The van der Waals surface area contributed by atoms with Crippen LogP contribution in [-0.2, 0) is 0 Å². The number of carbonyl (C=O) groups is 1. The lowest BCUT2D eigenvalue weighted by atomic mass is 10.3. The van der Waals surface area contributed by atoms with Crippen molar-refractivity contribution in [3.05, 3.63) is 53.6 Å². The van der Waals surface area contributed by atoms with E-state index in [0.29, 0.717) is 23.0 Å². The van der Waals surface area contributed by atoms with Gasteiger partial charge in [0.15, 0.2) is 0 Å². The van der Waals surface area contributed by atoms with E-state index in [2.05, 4.69) is 10.6 Å². The first-order chi connectivity index (χ1) is 10.2. The molecular weight excluding hydrogens is 288 g/mol. The lowest BCUT2D eigenvalue weighted by Crippen LogP contribution is -2.19. The average molecular weight is 305 g/mol. The van der Waals surface area contributed by atoms with Crippen molar-refractivity contribution in [2.24, 2.45) is 0 Å². The van der Waals surface area contributed by atoms with Crippen molar-refractivity contribution in [3.8, 4) is 5.75 Å². The lowest BCUT2D eigenvalue weighted by Gasteiger charge is -2.10. The van der Waals surface area contributed by atoms with E-state index in [-0.39, 0.29) is 6.03 Å². The van der Waals surface area contributed by atoms with Gasteiger partial charge < -0.3 is 15.4 Å². The molecule has 2 amide bonds. The van der Waals surface area contributed by atoms with Crippen LogP contribution in [0.5, 0.6) is 5.75 Å². The number of urea groups is 1. The van der Waals surface area contributed by atoms with E-state index in [1.807, 2.05) is 19.1 Å². The second kappa shape index (κ2) is 7.55. The van der Waals surface area contributed by atoms with Gasteiger partial charge in [0, 0.05) is 22.5 Å². The van der Waals surface area contributed by atoms with Gasteiger partial charge in [0.05, 0.1) is 6.61 Å². The number of amides is 2. The van der Waals surface area contributed by atoms with Gasteiger partial charge in [-0.25, -0.2) is 4.79 Å². The summed E-state index contributed by atoms with van der Waals surface area (Å²) in [4.78, 5) is 11.9. The van der Waals surface area contributed by atoms with Crippen LogP contribution in [0.25, 0.3) is 0 Å². The fourth-order valence-corrected chi connectivity index (χ4v) is 1.93. The van der Waals surface area contributed by atoms with Crippen molar-refractivity contribution in [3.63, 3.8) is 0 Å². The topological polar surface area (TPSA) is 50.4 Å². The van der Waals surface area contributed by atoms with Crippen LogP contribution in [0.4, 0.5) is 16.2 Å². The van der Waals surface area contributed by atoms with Crippen molar-refractivity contribution in [2.45, 2.75) is 13.3 Å². The van der Waals surface area contributed by atoms with Crippen molar-refractivity contribution in [1.29, 1.82) is 0 Å². The lowest BCUT2D eigenvalue weighted by molar-refractivity contribution is 0.262. The van der Waals surface area contributed by atoms with Crippen LogP contribution in [0.3, 0.4) is 0 Å². The standard InChI is InChI=1S/C16H17ClN2O2/c1-2-9-21-15-8-4-7-14(11-15)19-16(20)18-13-6-3-5-12(17)10-13/h3-8,10-11H,2,9H2,1H3,(H2,18,19,20). The van der Waals surface area contributed by atoms with Crippen LogP contribution in [0.2, 0.25) is 5.02 Å². The summed E-state index contributed by atoms with van der Waals surface area (Å²) >= 11 is 5.87. The van der Waals surface area contributed by atoms with Gasteiger partial charge >= 0.3 is 6.03 Å². The Kier molecular flexibility index (Phi) is 5.46. The van der Waals surface area contributed by atoms with Crippen molar-refractivity contribution in [1.82, 2.24) is 0 Å². The highest BCUT2D eigenvalue weighted by Crippen LogP contribution is 2.19. The number of hydrogen-bond donors (Lipinski definition) is 2. The summed E-state index contributed by atoms with van der Waals surface area (Å²) in [5.41, 5.74) is 1.31. The Morgan fingerprint density at radius 3 is 2.43 bits per heavy atom. The second-order valence-corrected chi connectivity index (χ2v) is 4.90. The Labute approximate surface area is 129 Å². The van der Waals surface area contributed by atoms with Crippen molar-refractivity contribution < 1.29 is 9.53 Å². The predicted octanol–water partition coefficient (Wildman–Crippen LogP) is 4.77. The zero-order chi connectivity index (χ0) is 15.1. The fourth-order valence-electron chi connectivity index (χ4n) is 1.74. The third-order valence-electron chi connectivity index (χ3n) is 2.65. The molecule has 2 aromatic carbocycles. The van der Waals surface area contributed by atoms with E-state index in [9.17, 15) is 4.79 Å². The number of halogens is 1. The summed E-state index contributed by atoms with van der Waals surface area (Å²) in [6.07, 6.45) is 0.937. The first-order valence-corrected chi connectivity index (χ1v) is 7.11. The highest BCUT2D eigenvalue weighted by molar-refractivity contribution is 6.30. The third kappa shape index (κ3) is 5.00. The SMILES string of the molecule is CCCOc1cccc(NC(=O)Nc2cccc(Cl)c2)c1. The molecule has 0 aliphatic rings. The molecule has 2 rings (SSSR count). The van der Waals surface area contributed by atoms with Gasteiger partial charge in [0.25, 0.3) is 0 Å². The molecule has 0 aliphatic heterocycles. The molecule has 21 heavy (non-hydrogen) atoms. The number of ether oxygens (including phenoxy) is 1. The first kappa shape index (κ1) is 15.2. The Bertz CT molecular complexity index is 617. The molecule has 0 atom stereocenters.